The molecule has 3 rings (SSSR count). The van der Waals surface area contributed by atoms with Crippen molar-refractivity contribution in [1.82, 2.24) is 4.90 Å². The topological polar surface area (TPSA) is 110 Å². The van der Waals surface area contributed by atoms with Crippen molar-refractivity contribution in [3.05, 3.63) is 58.7 Å². The van der Waals surface area contributed by atoms with Gasteiger partial charge >= 0.3 is 0 Å². The fourth-order valence-electron chi connectivity index (χ4n) is 3.82. The molecule has 1 saturated heterocycles. The van der Waals surface area contributed by atoms with Crippen molar-refractivity contribution in [2.24, 2.45) is 11.7 Å². The zero-order chi connectivity index (χ0) is 22.1. The number of likely N-dealkylation sites (tertiary alicyclic amines) is 1. The predicted octanol–water partition coefficient (Wildman–Crippen LogP) is 2.75. The lowest BCUT2D eigenvalue weighted by Crippen LogP contribution is -2.41. The van der Waals surface area contributed by atoms with Gasteiger partial charge in [0, 0.05) is 30.3 Å². The molecule has 1 fully saturated rings. The highest BCUT2D eigenvalue weighted by molar-refractivity contribution is 7.92. The van der Waals surface area contributed by atoms with E-state index in [0.29, 0.717) is 42.7 Å². The number of sulfonamides is 1. The quantitative estimate of drug-likeness (QED) is 0.761. The number of amides is 2. The first-order valence-corrected chi connectivity index (χ1v) is 11.4. The summed E-state index contributed by atoms with van der Waals surface area (Å²) in [5.41, 5.74) is 8.59. The summed E-state index contributed by atoms with van der Waals surface area (Å²) in [6.45, 7) is 6.34. The number of nitrogens with two attached hydrogens (primary N) is 1. The highest BCUT2D eigenvalue weighted by atomic mass is 32.2. The number of carbonyl (C=O) groups excluding carboxylic acids is 2. The van der Waals surface area contributed by atoms with Crippen LogP contribution in [0.5, 0.6) is 0 Å². The van der Waals surface area contributed by atoms with Crippen molar-refractivity contribution >= 4 is 27.5 Å². The van der Waals surface area contributed by atoms with Crippen molar-refractivity contribution in [3.63, 3.8) is 0 Å². The molecule has 0 radical (unpaired) electrons. The highest BCUT2D eigenvalue weighted by Gasteiger charge is 2.27. The molecule has 2 amide bonds. The van der Waals surface area contributed by atoms with Crippen LogP contribution in [0.2, 0.25) is 0 Å². The summed E-state index contributed by atoms with van der Waals surface area (Å²) < 4.78 is 28.7. The maximum Gasteiger partial charge on any atom is 0.262 e. The van der Waals surface area contributed by atoms with E-state index in [1.807, 2.05) is 19.9 Å². The largest absolute Gasteiger partial charge is 0.369 e. The van der Waals surface area contributed by atoms with Gasteiger partial charge in [0.25, 0.3) is 15.9 Å². The van der Waals surface area contributed by atoms with Crippen molar-refractivity contribution in [1.29, 1.82) is 0 Å². The van der Waals surface area contributed by atoms with E-state index in [1.54, 1.807) is 36.1 Å². The number of hydrogen-bond donors (Lipinski definition) is 2. The minimum absolute atomic E-state index is 0.0690. The minimum Gasteiger partial charge on any atom is -0.369 e. The van der Waals surface area contributed by atoms with Crippen LogP contribution in [0.1, 0.15) is 39.9 Å². The lowest BCUT2D eigenvalue weighted by Gasteiger charge is -2.30. The summed E-state index contributed by atoms with van der Waals surface area (Å²) in [7, 11) is -3.87. The van der Waals surface area contributed by atoms with Crippen LogP contribution < -0.4 is 10.5 Å². The van der Waals surface area contributed by atoms with E-state index in [4.69, 9.17) is 5.73 Å². The molecule has 2 aromatic rings. The van der Waals surface area contributed by atoms with Gasteiger partial charge in [-0.2, -0.15) is 0 Å². The summed E-state index contributed by atoms with van der Waals surface area (Å²) in [4.78, 5) is 25.9. The molecular weight excluding hydrogens is 402 g/mol. The molecule has 1 heterocycles. The number of piperidine rings is 1. The number of nitrogens with zero attached hydrogens (tertiary/aromatic N) is 1. The molecule has 0 aromatic heterocycles. The predicted molar refractivity (Wildman–Crippen MR) is 116 cm³/mol. The Hall–Kier alpha value is -2.87. The zero-order valence-corrected chi connectivity index (χ0v) is 18.3. The Morgan fingerprint density at radius 1 is 1.00 bits per heavy atom. The number of benzene rings is 2. The van der Waals surface area contributed by atoms with Crippen LogP contribution in [0.4, 0.5) is 5.69 Å². The molecule has 0 atom stereocenters. The van der Waals surface area contributed by atoms with Gasteiger partial charge in [-0.1, -0.05) is 12.1 Å². The van der Waals surface area contributed by atoms with Gasteiger partial charge in [0.2, 0.25) is 5.91 Å². The molecule has 0 unspecified atom stereocenters. The van der Waals surface area contributed by atoms with Crippen LogP contribution in [-0.4, -0.2) is 38.2 Å². The van der Waals surface area contributed by atoms with Crippen LogP contribution >= 0.6 is 0 Å². The highest BCUT2D eigenvalue weighted by Crippen LogP contribution is 2.24. The molecule has 0 bridgehead atoms. The van der Waals surface area contributed by atoms with Crippen molar-refractivity contribution in [2.45, 2.75) is 38.5 Å². The Morgan fingerprint density at radius 2 is 1.60 bits per heavy atom. The van der Waals surface area contributed by atoms with E-state index in [0.717, 1.165) is 11.1 Å². The van der Waals surface area contributed by atoms with Gasteiger partial charge in [0.1, 0.15) is 0 Å². The second-order valence-corrected chi connectivity index (χ2v) is 9.58. The van der Waals surface area contributed by atoms with Gasteiger partial charge in [0.15, 0.2) is 0 Å². The van der Waals surface area contributed by atoms with E-state index >= 15 is 0 Å². The maximum absolute atomic E-state index is 13.0. The van der Waals surface area contributed by atoms with Gasteiger partial charge in [-0.3, -0.25) is 14.3 Å². The molecule has 1 aliphatic rings. The summed E-state index contributed by atoms with van der Waals surface area (Å²) in [5.74, 6) is -0.811. The molecular formula is C22H27N3O4S. The molecule has 8 heteroatoms. The fourth-order valence-corrected chi connectivity index (χ4v) is 5.13. The third-order valence-electron chi connectivity index (χ3n) is 5.38. The number of carbonyl (C=O) groups is 2. The van der Waals surface area contributed by atoms with E-state index in [9.17, 15) is 18.0 Å². The van der Waals surface area contributed by atoms with Crippen LogP contribution in [0.3, 0.4) is 0 Å². The Bertz CT molecular complexity index is 1070. The number of rotatable bonds is 5. The van der Waals surface area contributed by atoms with Gasteiger partial charge in [-0.05, 0) is 74.6 Å². The third kappa shape index (κ3) is 4.81. The number of aryl methyl sites for hydroxylation is 3. The lowest BCUT2D eigenvalue weighted by molar-refractivity contribution is -0.123. The summed E-state index contributed by atoms with van der Waals surface area (Å²) in [5, 5.41) is 0. The Kier molecular flexibility index (Phi) is 6.17. The third-order valence-corrected chi connectivity index (χ3v) is 6.91. The standard InChI is InChI=1S/C22H27N3O4S/c1-14-10-15(2)12-19(11-14)24-30(28,29)20-13-18(5-4-16(20)3)22(27)25-8-6-17(7-9-25)21(23)26/h4-5,10-13,17,24H,6-9H2,1-3H3,(H2,23,26). The maximum atomic E-state index is 13.0. The molecule has 30 heavy (non-hydrogen) atoms. The molecule has 2 aromatic carbocycles. The van der Waals surface area contributed by atoms with Gasteiger partial charge < -0.3 is 10.6 Å². The van der Waals surface area contributed by atoms with E-state index < -0.39 is 10.0 Å². The van der Waals surface area contributed by atoms with Crippen molar-refractivity contribution in [2.75, 3.05) is 17.8 Å². The first-order chi connectivity index (χ1) is 14.1. The molecule has 3 N–H and O–H groups in total. The Balaban J connectivity index is 1.84. The second kappa shape index (κ2) is 8.47. The van der Waals surface area contributed by atoms with Gasteiger partial charge in [-0.15, -0.1) is 0 Å². The van der Waals surface area contributed by atoms with Crippen molar-refractivity contribution in [3.8, 4) is 0 Å². The van der Waals surface area contributed by atoms with Crippen LogP contribution in [0.25, 0.3) is 0 Å². The molecule has 7 nitrogen and oxygen atoms in total. The van der Waals surface area contributed by atoms with E-state index in [1.165, 1.54) is 6.07 Å². The monoisotopic (exact) mass is 429 g/mol. The number of anilines is 1. The SMILES string of the molecule is Cc1cc(C)cc(NS(=O)(=O)c2cc(C(=O)N3CCC(C(N)=O)CC3)ccc2C)c1. The first-order valence-electron chi connectivity index (χ1n) is 9.87. The van der Waals surface area contributed by atoms with Gasteiger partial charge in [0.05, 0.1) is 4.90 Å². The van der Waals surface area contributed by atoms with E-state index in [2.05, 4.69) is 4.72 Å². The summed E-state index contributed by atoms with van der Waals surface area (Å²) in [6.07, 6.45) is 1.04. The molecule has 0 spiro atoms. The molecule has 0 saturated carbocycles. The number of nitrogens with one attached hydrogen (secondary N) is 1. The molecule has 1 aliphatic heterocycles. The first kappa shape index (κ1) is 21.8. The average molecular weight is 430 g/mol. The smallest absolute Gasteiger partial charge is 0.262 e. The fraction of sp³-hybridized carbons (Fsp3) is 0.364. The molecule has 0 aliphatic carbocycles. The molecule has 160 valence electrons. The second-order valence-electron chi connectivity index (χ2n) is 7.93. The average Bonchev–Trinajstić information content (AvgIpc) is 2.66. The number of primary amides is 1. The van der Waals surface area contributed by atoms with Gasteiger partial charge in [-0.25, -0.2) is 8.42 Å². The Labute approximate surface area is 177 Å². The lowest BCUT2D eigenvalue weighted by atomic mass is 9.96. The van der Waals surface area contributed by atoms with Crippen molar-refractivity contribution < 1.29 is 18.0 Å². The van der Waals surface area contributed by atoms with Crippen LogP contribution in [-0.2, 0) is 14.8 Å². The number of hydrogen-bond acceptors (Lipinski definition) is 4. The van der Waals surface area contributed by atoms with Crippen LogP contribution in [0.15, 0.2) is 41.3 Å². The zero-order valence-electron chi connectivity index (χ0n) is 17.4. The summed E-state index contributed by atoms with van der Waals surface area (Å²) >= 11 is 0. The van der Waals surface area contributed by atoms with E-state index in [-0.39, 0.29) is 22.6 Å². The summed E-state index contributed by atoms with van der Waals surface area (Å²) in [6, 6.07) is 10.2. The normalized spacial score (nSPS) is 15.1. The minimum atomic E-state index is -3.87. The Morgan fingerprint density at radius 3 is 2.17 bits per heavy atom. The van der Waals surface area contributed by atoms with Crippen LogP contribution in [0, 0.1) is 26.7 Å².